The number of rotatable bonds is 3. The summed E-state index contributed by atoms with van der Waals surface area (Å²) in [7, 11) is 0. The van der Waals surface area contributed by atoms with Gasteiger partial charge < -0.3 is 0 Å². The first kappa shape index (κ1) is 13.9. The van der Waals surface area contributed by atoms with Gasteiger partial charge in [0.15, 0.2) is 0 Å². The second-order valence-corrected chi connectivity index (χ2v) is 4.31. The summed E-state index contributed by atoms with van der Waals surface area (Å²) in [4.78, 5) is 34.3. The summed E-state index contributed by atoms with van der Waals surface area (Å²) in [5.41, 5.74) is -2.17. The predicted octanol–water partition coefficient (Wildman–Crippen LogP) is 1.29. The molecule has 7 nitrogen and oxygen atoms in total. The monoisotopic (exact) mass is 299 g/mol. The highest BCUT2D eigenvalue weighted by atomic mass is 35.5. The molecule has 0 aliphatic heterocycles. The molecule has 2 rings (SSSR count). The van der Waals surface area contributed by atoms with Crippen molar-refractivity contribution in [3.8, 4) is 0 Å². The van der Waals surface area contributed by atoms with Crippen LogP contribution in [0.5, 0.6) is 0 Å². The standard InChI is InChI=1S/C11H7ClFN3O4/c12-7-3-6(1-2-8(7)13)4-15-5-9(16(19)20)10(17)14-11(15)18/h1-3,5H,4H2,(H,14,17,18). The van der Waals surface area contributed by atoms with Crippen molar-refractivity contribution in [2.75, 3.05) is 0 Å². The van der Waals surface area contributed by atoms with Crippen molar-refractivity contribution < 1.29 is 9.31 Å². The van der Waals surface area contributed by atoms with Gasteiger partial charge in [0, 0.05) is 0 Å². The quantitative estimate of drug-likeness (QED) is 0.682. The van der Waals surface area contributed by atoms with E-state index in [1.165, 1.54) is 12.1 Å². The van der Waals surface area contributed by atoms with E-state index in [2.05, 4.69) is 0 Å². The SMILES string of the molecule is O=c1[nH]c(=O)n(Cc2ccc(F)c(Cl)c2)cc1[N+](=O)[O-]. The molecule has 1 heterocycles. The third kappa shape index (κ3) is 2.75. The van der Waals surface area contributed by atoms with Gasteiger partial charge in [-0.25, -0.2) is 9.18 Å². The van der Waals surface area contributed by atoms with Crippen molar-refractivity contribution in [3.63, 3.8) is 0 Å². The van der Waals surface area contributed by atoms with E-state index < -0.39 is 27.7 Å². The number of aromatic amines is 1. The van der Waals surface area contributed by atoms with Crippen LogP contribution in [0, 0.1) is 15.9 Å². The van der Waals surface area contributed by atoms with Crippen molar-refractivity contribution in [2.45, 2.75) is 6.54 Å². The van der Waals surface area contributed by atoms with E-state index in [1.807, 2.05) is 4.98 Å². The lowest BCUT2D eigenvalue weighted by Gasteiger charge is -2.05. The summed E-state index contributed by atoms with van der Waals surface area (Å²) in [6, 6.07) is 3.79. The maximum atomic E-state index is 13.0. The number of halogens is 2. The van der Waals surface area contributed by atoms with E-state index in [-0.39, 0.29) is 11.6 Å². The van der Waals surface area contributed by atoms with Crippen LogP contribution in [0.15, 0.2) is 34.0 Å². The van der Waals surface area contributed by atoms with Crippen LogP contribution in [0.2, 0.25) is 5.02 Å². The fourth-order valence-corrected chi connectivity index (χ4v) is 1.78. The molecule has 0 aliphatic rings. The van der Waals surface area contributed by atoms with Crippen molar-refractivity contribution in [2.24, 2.45) is 0 Å². The number of aromatic nitrogens is 2. The Morgan fingerprint density at radius 1 is 1.40 bits per heavy atom. The second kappa shape index (κ2) is 5.25. The van der Waals surface area contributed by atoms with Crippen LogP contribution in [-0.4, -0.2) is 14.5 Å². The van der Waals surface area contributed by atoms with Gasteiger partial charge in [0.25, 0.3) is 0 Å². The number of benzene rings is 1. The normalized spacial score (nSPS) is 10.5. The Labute approximate surface area is 115 Å². The molecule has 1 aromatic carbocycles. The molecule has 0 amide bonds. The lowest BCUT2D eigenvalue weighted by molar-refractivity contribution is -0.386. The number of hydrogen-bond acceptors (Lipinski definition) is 4. The van der Waals surface area contributed by atoms with Crippen LogP contribution >= 0.6 is 11.6 Å². The molecule has 20 heavy (non-hydrogen) atoms. The van der Waals surface area contributed by atoms with Gasteiger partial charge in [0.1, 0.15) is 5.82 Å². The summed E-state index contributed by atoms with van der Waals surface area (Å²) in [6.45, 7) is -0.0869. The number of hydrogen-bond donors (Lipinski definition) is 1. The van der Waals surface area contributed by atoms with Gasteiger partial charge in [-0.2, -0.15) is 0 Å². The Morgan fingerprint density at radius 2 is 2.10 bits per heavy atom. The van der Waals surface area contributed by atoms with E-state index >= 15 is 0 Å². The molecule has 0 aliphatic carbocycles. The summed E-state index contributed by atoms with van der Waals surface area (Å²) in [6.07, 6.45) is 0.832. The van der Waals surface area contributed by atoms with Crippen LogP contribution in [0.3, 0.4) is 0 Å². The molecule has 0 radical (unpaired) electrons. The third-order valence-electron chi connectivity index (χ3n) is 2.53. The van der Waals surface area contributed by atoms with Crippen LogP contribution < -0.4 is 11.2 Å². The van der Waals surface area contributed by atoms with E-state index in [0.717, 1.165) is 16.8 Å². The van der Waals surface area contributed by atoms with Gasteiger partial charge in [-0.3, -0.25) is 24.5 Å². The van der Waals surface area contributed by atoms with Gasteiger partial charge in [0.2, 0.25) is 0 Å². The number of H-pyrrole nitrogens is 1. The molecule has 0 unspecified atom stereocenters. The van der Waals surface area contributed by atoms with E-state index in [9.17, 15) is 24.1 Å². The number of nitro groups is 1. The minimum atomic E-state index is -1.08. The molecule has 104 valence electrons. The molecule has 1 aromatic heterocycles. The second-order valence-electron chi connectivity index (χ2n) is 3.91. The molecule has 9 heteroatoms. The summed E-state index contributed by atoms with van der Waals surface area (Å²) >= 11 is 5.60. The van der Waals surface area contributed by atoms with Gasteiger partial charge in [-0.15, -0.1) is 0 Å². The van der Waals surface area contributed by atoms with Gasteiger partial charge in [0.05, 0.1) is 22.7 Å². The topological polar surface area (TPSA) is 98.0 Å². The lowest BCUT2D eigenvalue weighted by Crippen LogP contribution is -2.31. The maximum Gasteiger partial charge on any atom is 0.350 e. The first-order valence-electron chi connectivity index (χ1n) is 5.30. The zero-order valence-electron chi connectivity index (χ0n) is 9.80. The first-order chi connectivity index (χ1) is 9.38. The zero-order valence-corrected chi connectivity index (χ0v) is 10.6. The smallest absolute Gasteiger partial charge is 0.289 e. The Morgan fingerprint density at radius 3 is 2.70 bits per heavy atom. The fourth-order valence-electron chi connectivity index (χ4n) is 1.58. The van der Waals surface area contributed by atoms with Crippen molar-refractivity contribution in [1.29, 1.82) is 0 Å². The molecule has 0 saturated heterocycles. The molecular weight excluding hydrogens is 293 g/mol. The highest BCUT2D eigenvalue weighted by Crippen LogP contribution is 2.16. The van der Waals surface area contributed by atoms with E-state index in [0.29, 0.717) is 5.56 Å². The average Bonchev–Trinajstić information content (AvgIpc) is 2.36. The molecule has 2 aromatic rings. The minimum Gasteiger partial charge on any atom is -0.289 e. The molecule has 0 bridgehead atoms. The molecule has 1 N–H and O–H groups in total. The lowest BCUT2D eigenvalue weighted by atomic mass is 10.2. The largest absolute Gasteiger partial charge is 0.350 e. The zero-order chi connectivity index (χ0) is 14.9. The summed E-state index contributed by atoms with van der Waals surface area (Å²) in [5, 5.41) is 10.5. The predicted molar refractivity (Wildman–Crippen MR) is 68.5 cm³/mol. The molecule has 0 atom stereocenters. The van der Waals surface area contributed by atoms with Gasteiger partial charge in [-0.05, 0) is 17.7 Å². The van der Waals surface area contributed by atoms with Crippen molar-refractivity contribution in [1.82, 2.24) is 9.55 Å². The van der Waals surface area contributed by atoms with Crippen LogP contribution in [0.25, 0.3) is 0 Å². The Bertz CT molecular complexity index is 799. The van der Waals surface area contributed by atoms with Crippen LogP contribution in [0.4, 0.5) is 10.1 Å². The van der Waals surface area contributed by atoms with Gasteiger partial charge in [-0.1, -0.05) is 17.7 Å². The van der Waals surface area contributed by atoms with Crippen LogP contribution in [0.1, 0.15) is 5.56 Å². The average molecular weight is 300 g/mol. The summed E-state index contributed by atoms with van der Waals surface area (Å²) < 4.78 is 13.9. The molecule has 0 fully saturated rings. The number of nitrogens with zero attached hydrogens (tertiary/aromatic N) is 2. The fraction of sp³-hybridized carbons (Fsp3) is 0.0909. The highest BCUT2D eigenvalue weighted by Gasteiger charge is 2.15. The Hall–Kier alpha value is -2.48. The minimum absolute atomic E-state index is 0.0869. The molecule has 0 spiro atoms. The van der Waals surface area contributed by atoms with E-state index in [1.54, 1.807) is 0 Å². The first-order valence-corrected chi connectivity index (χ1v) is 5.68. The third-order valence-corrected chi connectivity index (χ3v) is 2.82. The maximum absolute atomic E-state index is 13.0. The Balaban J connectivity index is 2.45. The van der Waals surface area contributed by atoms with Crippen molar-refractivity contribution >= 4 is 17.3 Å². The highest BCUT2D eigenvalue weighted by molar-refractivity contribution is 6.30. The Kier molecular flexibility index (Phi) is 3.66. The van der Waals surface area contributed by atoms with Crippen molar-refractivity contribution in [3.05, 3.63) is 71.8 Å². The van der Waals surface area contributed by atoms with Gasteiger partial charge >= 0.3 is 16.9 Å². The molecule has 0 saturated carbocycles. The number of nitrogens with one attached hydrogen (secondary N) is 1. The van der Waals surface area contributed by atoms with Crippen LogP contribution in [-0.2, 0) is 6.54 Å². The summed E-state index contributed by atoms with van der Waals surface area (Å²) in [5.74, 6) is -0.616. The molecular formula is C11H7ClFN3O4. The van der Waals surface area contributed by atoms with E-state index in [4.69, 9.17) is 11.6 Å².